The lowest BCUT2D eigenvalue weighted by Gasteiger charge is -1.86. The van der Waals surface area contributed by atoms with Crippen LogP contribution in [0.25, 0.3) is 0 Å². The molecule has 0 saturated carbocycles. The van der Waals surface area contributed by atoms with Crippen LogP contribution in [-0.4, -0.2) is 11.1 Å². The van der Waals surface area contributed by atoms with E-state index in [-0.39, 0.29) is 0 Å². The topological polar surface area (TPSA) is 37.3 Å². The van der Waals surface area contributed by atoms with E-state index in [9.17, 15) is 4.79 Å². The molecule has 0 bridgehead atoms. The van der Waals surface area contributed by atoms with Crippen LogP contribution in [-0.2, 0) is 0 Å². The maximum absolute atomic E-state index is 10.4. The minimum atomic E-state index is -0.900. The van der Waals surface area contributed by atoms with Gasteiger partial charge in [0.15, 0.2) is 0 Å². The van der Waals surface area contributed by atoms with Gasteiger partial charge in [-0.25, -0.2) is 4.79 Å². The summed E-state index contributed by atoms with van der Waals surface area (Å²) in [5, 5.41) is 10.3. The van der Waals surface area contributed by atoms with Crippen LogP contribution >= 0.6 is 43.2 Å². The van der Waals surface area contributed by atoms with Crippen molar-refractivity contribution in [2.24, 2.45) is 0 Å². The summed E-state index contributed by atoms with van der Waals surface area (Å²) in [5.74, 6) is -0.900. The molecule has 0 aliphatic heterocycles. The molecule has 0 amide bonds. The van der Waals surface area contributed by atoms with Gasteiger partial charge in [-0.15, -0.1) is 11.3 Å². The smallest absolute Gasteiger partial charge is 0.347 e. The maximum Gasteiger partial charge on any atom is 0.347 e. The van der Waals surface area contributed by atoms with E-state index in [1.165, 1.54) is 11.3 Å². The number of hydrogen-bond donors (Lipinski definition) is 1. The van der Waals surface area contributed by atoms with E-state index in [0.29, 0.717) is 9.35 Å². The highest BCUT2D eigenvalue weighted by atomic mass is 79.9. The Balaban J connectivity index is 3.17. The summed E-state index contributed by atoms with van der Waals surface area (Å²) < 4.78 is 1.40. The van der Waals surface area contributed by atoms with Crippen molar-refractivity contribution < 1.29 is 9.90 Å². The molecule has 0 atom stereocenters. The number of carboxylic acids is 1. The molecule has 1 rings (SSSR count). The van der Waals surface area contributed by atoms with E-state index in [2.05, 4.69) is 31.9 Å². The molecule has 0 radical (unpaired) electrons. The Morgan fingerprint density at radius 2 is 2.20 bits per heavy atom. The molecule has 1 heterocycles. The summed E-state index contributed by atoms with van der Waals surface area (Å²) in [6.45, 7) is 0. The van der Waals surface area contributed by atoms with Crippen molar-refractivity contribution in [3.63, 3.8) is 0 Å². The molecule has 1 aromatic heterocycles. The minimum absolute atomic E-state index is 0.326. The fourth-order valence-corrected chi connectivity index (χ4v) is 2.45. The van der Waals surface area contributed by atoms with Crippen LogP contribution in [0.15, 0.2) is 14.3 Å². The van der Waals surface area contributed by atoms with E-state index >= 15 is 0 Å². The van der Waals surface area contributed by atoms with E-state index < -0.39 is 5.97 Å². The predicted molar refractivity (Wildman–Crippen MR) is 46.7 cm³/mol. The SMILES string of the molecule is O=C(O)c1scc(Br)c1Br. The summed E-state index contributed by atoms with van der Waals surface area (Å²) in [7, 11) is 0. The zero-order valence-corrected chi connectivity index (χ0v) is 8.59. The van der Waals surface area contributed by atoms with E-state index in [1.807, 2.05) is 0 Å². The summed E-state index contributed by atoms with van der Waals surface area (Å²) >= 11 is 7.51. The quantitative estimate of drug-likeness (QED) is 0.861. The van der Waals surface area contributed by atoms with E-state index in [4.69, 9.17) is 5.11 Å². The third kappa shape index (κ3) is 1.41. The number of aromatic carboxylic acids is 1. The normalized spacial score (nSPS) is 9.80. The van der Waals surface area contributed by atoms with Gasteiger partial charge in [-0.3, -0.25) is 0 Å². The third-order valence-corrected chi connectivity index (χ3v) is 4.40. The predicted octanol–water partition coefficient (Wildman–Crippen LogP) is 2.97. The summed E-state index contributed by atoms with van der Waals surface area (Å²) in [6.07, 6.45) is 0. The summed E-state index contributed by atoms with van der Waals surface area (Å²) in [5.41, 5.74) is 0. The molecular weight excluding hydrogens is 284 g/mol. The van der Waals surface area contributed by atoms with Crippen molar-refractivity contribution in [2.45, 2.75) is 0 Å². The van der Waals surface area contributed by atoms with Gasteiger partial charge >= 0.3 is 5.97 Å². The van der Waals surface area contributed by atoms with Crippen molar-refractivity contribution in [2.75, 3.05) is 0 Å². The Bertz CT molecular complexity index is 269. The molecule has 2 nitrogen and oxygen atoms in total. The van der Waals surface area contributed by atoms with Crippen molar-refractivity contribution >= 4 is 49.2 Å². The van der Waals surface area contributed by atoms with Crippen LogP contribution in [0.1, 0.15) is 9.67 Å². The fraction of sp³-hybridized carbons (Fsp3) is 0. The average Bonchev–Trinajstić information content (AvgIpc) is 2.14. The monoisotopic (exact) mass is 284 g/mol. The van der Waals surface area contributed by atoms with Gasteiger partial charge < -0.3 is 5.11 Å². The molecule has 0 spiro atoms. The number of carboxylic acid groups (broad SMARTS) is 1. The Morgan fingerprint density at radius 3 is 2.40 bits per heavy atom. The highest BCUT2D eigenvalue weighted by Gasteiger charge is 2.12. The van der Waals surface area contributed by atoms with Crippen LogP contribution in [0, 0.1) is 0 Å². The average molecular weight is 286 g/mol. The van der Waals surface area contributed by atoms with Gasteiger partial charge in [0.1, 0.15) is 4.88 Å². The second kappa shape index (κ2) is 3.02. The molecule has 0 saturated heterocycles. The van der Waals surface area contributed by atoms with Crippen molar-refractivity contribution in [1.29, 1.82) is 0 Å². The molecule has 0 aliphatic rings. The van der Waals surface area contributed by atoms with Gasteiger partial charge in [-0.2, -0.15) is 0 Å². The maximum atomic E-state index is 10.4. The minimum Gasteiger partial charge on any atom is -0.477 e. The van der Waals surface area contributed by atoms with Gasteiger partial charge in [-0.05, 0) is 31.9 Å². The lowest BCUT2D eigenvalue weighted by molar-refractivity contribution is 0.0701. The number of thiophene rings is 1. The number of carbonyl (C=O) groups is 1. The molecule has 1 aromatic rings. The lowest BCUT2D eigenvalue weighted by Crippen LogP contribution is -1.91. The van der Waals surface area contributed by atoms with Gasteiger partial charge in [0.2, 0.25) is 0 Å². The largest absolute Gasteiger partial charge is 0.477 e. The van der Waals surface area contributed by atoms with Crippen LogP contribution in [0.5, 0.6) is 0 Å². The molecule has 10 heavy (non-hydrogen) atoms. The van der Waals surface area contributed by atoms with Crippen LogP contribution < -0.4 is 0 Å². The van der Waals surface area contributed by atoms with E-state index in [0.717, 1.165) is 4.47 Å². The molecule has 0 fully saturated rings. The Hall–Kier alpha value is 0.130. The standard InChI is InChI=1S/C5H2Br2O2S/c6-2-1-10-4(3(2)7)5(8)9/h1H,(H,8,9). The molecule has 5 heteroatoms. The summed E-state index contributed by atoms with van der Waals surface area (Å²) in [4.78, 5) is 10.7. The first-order chi connectivity index (χ1) is 4.63. The van der Waals surface area contributed by atoms with Crippen LogP contribution in [0.4, 0.5) is 0 Å². The van der Waals surface area contributed by atoms with Gasteiger partial charge in [0, 0.05) is 9.85 Å². The number of hydrogen-bond acceptors (Lipinski definition) is 2. The number of rotatable bonds is 1. The highest BCUT2D eigenvalue weighted by molar-refractivity contribution is 9.13. The lowest BCUT2D eigenvalue weighted by atomic mass is 10.5. The molecule has 0 aromatic carbocycles. The Kier molecular flexibility index (Phi) is 2.49. The summed E-state index contributed by atoms with van der Waals surface area (Å²) in [6, 6.07) is 0. The van der Waals surface area contributed by atoms with Gasteiger partial charge in [-0.1, -0.05) is 0 Å². The molecule has 54 valence electrons. The van der Waals surface area contributed by atoms with Crippen molar-refractivity contribution in [3.05, 3.63) is 19.2 Å². The second-order valence-corrected chi connectivity index (χ2v) is 4.06. The van der Waals surface area contributed by atoms with Crippen LogP contribution in [0.2, 0.25) is 0 Å². The molecule has 1 N–H and O–H groups in total. The van der Waals surface area contributed by atoms with Gasteiger partial charge in [0.25, 0.3) is 0 Å². The van der Waals surface area contributed by atoms with Crippen molar-refractivity contribution in [1.82, 2.24) is 0 Å². The fourth-order valence-electron chi connectivity index (χ4n) is 0.467. The Morgan fingerprint density at radius 1 is 1.60 bits per heavy atom. The Labute approximate surface area is 78.1 Å². The molecule has 0 unspecified atom stereocenters. The molecule has 0 aliphatic carbocycles. The first-order valence-corrected chi connectivity index (χ1v) is 4.75. The first-order valence-electron chi connectivity index (χ1n) is 2.28. The zero-order chi connectivity index (χ0) is 7.72. The third-order valence-electron chi connectivity index (χ3n) is 0.884. The zero-order valence-electron chi connectivity index (χ0n) is 4.60. The molecular formula is C5H2Br2O2S. The van der Waals surface area contributed by atoms with Crippen LogP contribution in [0.3, 0.4) is 0 Å². The second-order valence-electron chi connectivity index (χ2n) is 1.53. The van der Waals surface area contributed by atoms with Crippen molar-refractivity contribution in [3.8, 4) is 0 Å². The number of halogens is 2. The van der Waals surface area contributed by atoms with Gasteiger partial charge in [0.05, 0.1) is 4.47 Å². The highest BCUT2D eigenvalue weighted by Crippen LogP contribution is 2.32. The van der Waals surface area contributed by atoms with E-state index in [1.54, 1.807) is 5.38 Å². The first kappa shape index (κ1) is 8.23.